The summed E-state index contributed by atoms with van der Waals surface area (Å²) in [7, 11) is 0. The summed E-state index contributed by atoms with van der Waals surface area (Å²) >= 11 is 0. The molecule has 0 saturated heterocycles. The second kappa shape index (κ2) is 5.80. The summed E-state index contributed by atoms with van der Waals surface area (Å²) in [6.07, 6.45) is 6.91. The number of hydrogen-bond acceptors (Lipinski definition) is 2. The summed E-state index contributed by atoms with van der Waals surface area (Å²) in [4.78, 5) is 23.0. The number of carboxylic acid groups (broad SMARTS) is 1. The van der Waals surface area contributed by atoms with E-state index in [-0.39, 0.29) is 23.4 Å². The lowest BCUT2D eigenvalue weighted by Crippen LogP contribution is -2.55. The number of carboxylic acids is 1. The van der Waals surface area contributed by atoms with Gasteiger partial charge in [0, 0.05) is 12.1 Å². The number of nitrogens with one attached hydrogen (secondary N) is 2. The van der Waals surface area contributed by atoms with Crippen molar-refractivity contribution in [1.82, 2.24) is 10.6 Å². The molecule has 2 rings (SSSR count). The monoisotopic (exact) mass is 268 g/mol. The van der Waals surface area contributed by atoms with E-state index in [1.807, 2.05) is 0 Å². The van der Waals surface area contributed by atoms with Gasteiger partial charge in [-0.15, -0.1) is 0 Å². The Labute approximate surface area is 114 Å². The van der Waals surface area contributed by atoms with Gasteiger partial charge < -0.3 is 15.7 Å². The molecule has 0 spiro atoms. The van der Waals surface area contributed by atoms with Crippen LogP contribution in [0.4, 0.5) is 4.79 Å². The first kappa shape index (κ1) is 14.2. The van der Waals surface area contributed by atoms with Crippen LogP contribution in [0.1, 0.15) is 51.9 Å². The normalized spacial score (nSPS) is 29.1. The van der Waals surface area contributed by atoms with E-state index in [9.17, 15) is 14.7 Å². The number of hydrogen-bond donors (Lipinski definition) is 3. The quantitative estimate of drug-likeness (QED) is 0.730. The minimum atomic E-state index is -0.724. The van der Waals surface area contributed by atoms with E-state index in [0.29, 0.717) is 6.54 Å². The van der Waals surface area contributed by atoms with Crippen molar-refractivity contribution >= 4 is 12.0 Å². The third kappa shape index (κ3) is 3.61. The number of rotatable bonds is 4. The van der Waals surface area contributed by atoms with Gasteiger partial charge in [-0.1, -0.05) is 12.8 Å². The third-order valence-corrected chi connectivity index (χ3v) is 4.62. The van der Waals surface area contributed by atoms with Crippen molar-refractivity contribution in [3.05, 3.63) is 0 Å². The molecule has 0 aliphatic heterocycles. The Morgan fingerprint density at radius 2 is 1.89 bits per heavy atom. The minimum Gasteiger partial charge on any atom is -0.481 e. The molecule has 3 N–H and O–H groups in total. The van der Waals surface area contributed by atoms with E-state index in [0.717, 1.165) is 38.5 Å². The topological polar surface area (TPSA) is 78.4 Å². The molecular formula is C14H24N2O3. The Morgan fingerprint density at radius 3 is 2.47 bits per heavy atom. The predicted molar refractivity (Wildman–Crippen MR) is 71.9 cm³/mol. The van der Waals surface area contributed by atoms with E-state index in [1.54, 1.807) is 0 Å². The van der Waals surface area contributed by atoms with Crippen LogP contribution in [0.3, 0.4) is 0 Å². The summed E-state index contributed by atoms with van der Waals surface area (Å²) in [5.74, 6) is -0.947. The lowest BCUT2D eigenvalue weighted by Gasteiger charge is -2.39. The van der Waals surface area contributed by atoms with Crippen LogP contribution in [-0.4, -0.2) is 29.2 Å². The lowest BCUT2D eigenvalue weighted by molar-refractivity contribution is -0.144. The van der Waals surface area contributed by atoms with Gasteiger partial charge in [0.15, 0.2) is 0 Å². The molecule has 0 radical (unpaired) electrons. The van der Waals surface area contributed by atoms with Crippen molar-refractivity contribution in [2.45, 2.75) is 57.4 Å². The Bertz CT molecular complexity index is 353. The molecule has 2 amide bonds. The second-order valence-corrected chi connectivity index (χ2v) is 6.24. The maximum absolute atomic E-state index is 11.8. The SMILES string of the molecule is CC1(NC(=O)NCC2CCCCC2C(=O)O)CCC1. The molecule has 0 bridgehead atoms. The zero-order valence-electron chi connectivity index (χ0n) is 11.6. The maximum Gasteiger partial charge on any atom is 0.315 e. The van der Waals surface area contributed by atoms with Gasteiger partial charge in [0.1, 0.15) is 0 Å². The zero-order valence-corrected chi connectivity index (χ0v) is 11.6. The van der Waals surface area contributed by atoms with Gasteiger partial charge in [0.25, 0.3) is 0 Å². The highest BCUT2D eigenvalue weighted by Gasteiger charge is 2.34. The largest absolute Gasteiger partial charge is 0.481 e. The fourth-order valence-corrected chi connectivity index (χ4v) is 3.15. The van der Waals surface area contributed by atoms with E-state index in [1.165, 1.54) is 6.42 Å². The van der Waals surface area contributed by atoms with E-state index < -0.39 is 5.97 Å². The molecule has 2 aliphatic rings. The first-order valence-electron chi connectivity index (χ1n) is 7.29. The number of urea groups is 1. The lowest BCUT2D eigenvalue weighted by atomic mass is 9.78. The van der Waals surface area contributed by atoms with Gasteiger partial charge in [-0.25, -0.2) is 4.79 Å². The van der Waals surface area contributed by atoms with Gasteiger partial charge in [-0.2, -0.15) is 0 Å². The average Bonchev–Trinajstić information content (AvgIpc) is 2.34. The molecule has 2 saturated carbocycles. The summed E-state index contributed by atoms with van der Waals surface area (Å²) in [6.45, 7) is 2.52. The van der Waals surface area contributed by atoms with Crippen LogP contribution in [0.5, 0.6) is 0 Å². The van der Waals surface area contributed by atoms with E-state index >= 15 is 0 Å². The third-order valence-electron chi connectivity index (χ3n) is 4.62. The van der Waals surface area contributed by atoms with Crippen LogP contribution in [0.2, 0.25) is 0 Å². The minimum absolute atomic E-state index is 0.0527. The Balaban J connectivity index is 1.76. The summed E-state index contributed by atoms with van der Waals surface area (Å²) in [5.41, 5.74) is -0.0527. The smallest absolute Gasteiger partial charge is 0.315 e. The summed E-state index contributed by atoms with van der Waals surface area (Å²) in [5, 5.41) is 15.0. The van der Waals surface area contributed by atoms with Crippen molar-refractivity contribution in [3.8, 4) is 0 Å². The number of aliphatic carboxylic acids is 1. The molecule has 108 valence electrons. The van der Waals surface area contributed by atoms with Gasteiger partial charge in [0.2, 0.25) is 0 Å². The second-order valence-electron chi connectivity index (χ2n) is 6.24. The molecule has 2 atom stereocenters. The summed E-state index contributed by atoms with van der Waals surface area (Å²) in [6, 6.07) is -0.156. The standard InChI is InChI=1S/C14H24N2O3/c1-14(7-4-8-14)16-13(19)15-9-10-5-2-3-6-11(10)12(17)18/h10-11H,2-9H2,1H3,(H,17,18)(H2,15,16,19). The fourth-order valence-electron chi connectivity index (χ4n) is 3.15. The van der Waals surface area contributed by atoms with Crippen LogP contribution < -0.4 is 10.6 Å². The first-order valence-corrected chi connectivity index (χ1v) is 7.29. The Kier molecular flexibility index (Phi) is 4.32. The van der Waals surface area contributed by atoms with Crippen molar-refractivity contribution in [3.63, 3.8) is 0 Å². The highest BCUT2D eigenvalue weighted by molar-refractivity contribution is 5.75. The Hall–Kier alpha value is -1.26. The number of carbonyl (C=O) groups excluding carboxylic acids is 1. The van der Waals surface area contributed by atoms with Crippen LogP contribution in [-0.2, 0) is 4.79 Å². The van der Waals surface area contributed by atoms with E-state index in [2.05, 4.69) is 17.6 Å². The van der Waals surface area contributed by atoms with Gasteiger partial charge in [0.05, 0.1) is 5.92 Å². The number of amides is 2. The first-order chi connectivity index (χ1) is 9.00. The van der Waals surface area contributed by atoms with Crippen LogP contribution in [0.15, 0.2) is 0 Å². The molecule has 19 heavy (non-hydrogen) atoms. The van der Waals surface area contributed by atoms with Crippen molar-refractivity contribution < 1.29 is 14.7 Å². The van der Waals surface area contributed by atoms with Gasteiger partial charge in [-0.05, 0) is 44.9 Å². The fraction of sp³-hybridized carbons (Fsp3) is 0.857. The number of carbonyl (C=O) groups is 2. The Morgan fingerprint density at radius 1 is 1.21 bits per heavy atom. The van der Waals surface area contributed by atoms with E-state index in [4.69, 9.17) is 0 Å². The molecule has 0 heterocycles. The molecule has 0 aromatic rings. The molecule has 5 heteroatoms. The molecule has 0 aromatic heterocycles. The van der Waals surface area contributed by atoms with Gasteiger partial charge in [-0.3, -0.25) is 4.79 Å². The molecule has 2 unspecified atom stereocenters. The molecular weight excluding hydrogens is 244 g/mol. The van der Waals surface area contributed by atoms with Gasteiger partial charge >= 0.3 is 12.0 Å². The average molecular weight is 268 g/mol. The molecule has 5 nitrogen and oxygen atoms in total. The molecule has 0 aromatic carbocycles. The van der Waals surface area contributed by atoms with Crippen LogP contribution >= 0.6 is 0 Å². The molecule has 2 fully saturated rings. The maximum atomic E-state index is 11.8. The van der Waals surface area contributed by atoms with Crippen LogP contribution in [0.25, 0.3) is 0 Å². The van der Waals surface area contributed by atoms with Crippen molar-refractivity contribution in [2.24, 2.45) is 11.8 Å². The summed E-state index contributed by atoms with van der Waals surface area (Å²) < 4.78 is 0. The van der Waals surface area contributed by atoms with Crippen molar-refractivity contribution in [1.29, 1.82) is 0 Å². The highest BCUT2D eigenvalue weighted by Crippen LogP contribution is 2.31. The zero-order chi connectivity index (χ0) is 13.9. The van der Waals surface area contributed by atoms with Crippen molar-refractivity contribution in [2.75, 3.05) is 6.54 Å². The highest BCUT2D eigenvalue weighted by atomic mass is 16.4. The van der Waals surface area contributed by atoms with Crippen LogP contribution in [0, 0.1) is 11.8 Å². The predicted octanol–water partition coefficient (Wildman–Crippen LogP) is 2.12. The molecule has 2 aliphatic carbocycles.